The molecule has 4 aromatic heterocycles. The van der Waals surface area contributed by atoms with Crippen LogP contribution < -0.4 is 4.74 Å². The Labute approximate surface area is 307 Å². The molecule has 10 nitrogen and oxygen atoms in total. The molecule has 1 N–H and O–H groups in total. The van der Waals surface area contributed by atoms with E-state index < -0.39 is 24.2 Å². The highest BCUT2D eigenvalue weighted by molar-refractivity contribution is 7.17. The van der Waals surface area contributed by atoms with E-state index in [1.165, 1.54) is 29.6 Å². The minimum atomic E-state index is -0.754. The van der Waals surface area contributed by atoms with E-state index in [2.05, 4.69) is 5.10 Å². The number of hydrogen-bond acceptors (Lipinski definition) is 8. The molecule has 0 bridgehead atoms. The SMILES string of the molecule is CC1c2cc(C3CCOc4cc(F)cc(F)c4-c4c3nc(/C=C/c3cnn(C)c3/C=C/OC/C=C/CO)c3ccsc43)nn2CCN1C(=O)/C=C/CF. The van der Waals surface area contributed by atoms with Crippen molar-refractivity contribution in [1.82, 2.24) is 29.4 Å². The van der Waals surface area contributed by atoms with Crippen LogP contribution in [0.5, 0.6) is 5.75 Å². The zero-order chi connectivity index (χ0) is 37.1. The predicted molar refractivity (Wildman–Crippen MR) is 198 cm³/mol. The van der Waals surface area contributed by atoms with Crippen LogP contribution in [-0.2, 0) is 23.1 Å². The quantitative estimate of drug-likeness (QED) is 0.0697. The van der Waals surface area contributed by atoms with E-state index in [0.29, 0.717) is 48.8 Å². The lowest BCUT2D eigenvalue weighted by Gasteiger charge is -2.33. The van der Waals surface area contributed by atoms with Gasteiger partial charge in [0.25, 0.3) is 0 Å². The van der Waals surface area contributed by atoms with Gasteiger partial charge in [0.15, 0.2) is 0 Å². The molecule has 1 aromatic carbocycles. The molecule has 0 saturated carbocycles. The minimum absolute atomic E-state index is 0.0572. The van der Waals surface area contributed by atoms with Gasteiger partial charge in [-0.05, 0) is 61.2 Å². The molecule has 0 fully saturated rings. The molecule has 6 heterocycles. The number of aliphatic hydroxyl groups is 1. The number of benzene rings is 1. The molecule has 0 radical (unpaired) electrons. The molecular formula is C39H37F3N6O4S. The molecule has 0 spiro atoms. The van der Waals surface area contributed by atoms with Crippen molar-refractivity contribution in [1.29, 1.82) is 0 Å². The first kappa shape index (κ1) is 35.9. The largest absolute Gasteiger partial charge is 0.497 e. The number of ether oxygens (including phenoxy) is 2. The Morgan fingerprint density at radius 3 is 2.83 bits per heavy atom. The highest BCUT2D eigenvalue weighted by atomic mass is 32.1. The smallest absolute Gasteiger partial charge is 0.246 e. The number of thiophene rings is 1. The van der Waals surface area contributed by atoms with Crippen LogP contribution in [0.15, 0.2) is 66.4 Å². The first-order chi connectivity index (χ1) is 25.8. The zero-order valence-corrected chi connectivity index (χ0v) is 29.9. The Hall–Kier alpha value is -5.47. The van der Waals surface area contributed by atoms with Crippen molar-refractivity contribution in [2.45, 2.75) is 31.8 Å². The number of hydrogen-bond donors (Lipinski definition) is 1. The lowest BCUT2D eigenvalue weighted by molar-refractivity contribution is -0.129. The highest BCUT2D eigenvalue weighted by Gasteiger charge is 2.34. The van der Waals surface area contributed by atoms with Gasteiger partial charge in [-0.3, -0.25) is 19.1 Å². The average molecular weight is 743 g/mol. The van der Waals surface area contributed by atoms with Gasteiger partial charge in [-0.25, -0.2) is 13.2 Å². The van der Waals surface area contributed by atoms with Gasteiger partial charge in [-0.2, -0.15) is 10.2 Å². The number of rotatable bonds is 10. The maximum atomic E-state index is 16.0. The van der Waals surface area contributed by atoms with E-state index in [4.69, 9.17) is 24.7 Å². The van der Waals surface area contributed by atoms with Crippen molar-refractivity contribution in [2.24, 2.45) is 7.05 Å². The maximum Gasteiger partial charge on any atom is 0.246 e. The molecule has 14 heteroatoms. The summed E-state index contributed by atoms with van der Waals surface area (Å²) in [5.74, 6) is -2.11. The fourth-order valence-corrected chi connectivity index (χ4v) is 7.84. The fourth-order valence-electron chi connectivity index (χ4n) is 6.87. The van der Waals surface area contributed by atoms with Crippen molar-refractivity contribution in [2.75, 3.05) is 33.0 Å². The van der Waals surface area contributed by atoms with Gasteiger partial charge in [0, 0.05) is 58.9 Å². The molecule has 0 saturated heterocycles. The number of nitrogens with zero attached hydrogens (tertiary/aromatic N) is 6. The van der Waals surface area contributed by atoms with E-state index in [1.807, 2.05) is 48.3 Å². The third kappa shape index (κ3) is 7.16. The monoisotopic (exact) mass is 742 g/mol. The Morgan fingerprint density at radius 2 is 2.00 bits per heavy atom. The molecule has 2 unspecified atom stereocenters. The molecule has 53 heavy (non-hydrogen) atoms. The number of halogens is 3. The van der Waals surface area contributed by atoms with Crippen molar-refractivity contribution in [3.63, 3.8) is 0 Å². The second-order valence-electron chi connectivity index (χ2n) is 12.6. The third-order valence-electron chi connectivity index (χ3n) is 9.42. The summed E-state index contributed by atoms with van der Waals surface area (Å²) in [5.41, 5.74) is 4.98. The van der Waals surface area contributed by atoms with Crippen LogP contribution in [0.25, 0.3) is 39.4 Å². The van der Waals surface area contributed by atoms with Crippen LogP contribution in [0.4, 0.5) is 13.2 Å². The molecule has 2 atom stereocenters. The summed E-state index contributed by atoms with van der Waals surface area (Å²) < 4.78 is 59.2. The summed E-state index contributed by atoms with van der Waals surface area (Å²) in [6.45, 7) is 2.43. The lowest BCUT2D eigenvalue weighted by atomic mass is 9.88. The van der Waals surface area contributed by atoms with E-state index in [1.54, 1.807) is 40.3 Å². The van der Waals surface area contributed by atoms with E-state index in [-0.39, 0.29) is 36.5 Å². The van der Waals surface area contributed by atoms with Gasteiger partial charge in [0.1, 0.15) is 30.7 Å². The summed E-state index contributed by atoms with van der Waals surface area (Å²) in [6, 6.07) is 5.62. The number of pyridine rings is 1. The van der Waals surface area contributed by atoms with Crippen LogP contribution in [0.3, 0.4) is 0 Å². The zero-order valence-electron chi connectivity index (χ0n) is 29.1. The van der Waals surface area contributed by atoms with Crippen LogP contribution in [0.1, 0.15) is 59.3 Å². The van der Waals surface area contributed by atoms with Gasteiger partial charge in [0.05, 0.1) is 72.3 Å². The number of carbonyl (C=O) groups is 1. The first-order valence-electron chi connectivity index (χ1n) is 17.2. The number of aromatic nitrogens is 5. The number of allylic oxidation sites excluding steroid dienone is 1. The van der Waals surface area contributed by atoms with Crippen molar-refractivity contribution in [3.8, 4) is 16.9 Å². The number of aryl methyl sites for hydroxylation is 1. The summed E-state index contributed by atoms with van der Waals surface area (Å²) in [6.07, 6.45) is 15.1. The second-order valence-corrected chi connectivity index (χ2v) is 13.5. The third-order valence-corrected chi connectivity index (χ3v) is 10.3. The minimum Gasteiger partial charge on any atom is -0.497 e. The van der Waals surface area contributed by atoms with Crippen LogP contribution >= 0.6 is 11.3 Å². The molecular weight excluding hydrogens is 706 g/mol. The lowest BCUT2D eigenvalue weighted by Crippen LogP contribution is -2.40. The van der Waals surface area contributed by atoms with Gasteiger partial charge >= 0.3 is 0 Å². The fraction of sp³-hybridized carbons (Fsp3) is 0.282. The predicted octanol–water partition coefficient (Wildman–Crippen LogP) is 7.22. The number of aliphatic hydroxyl groups excluding tert-OH is 1. The summed E-state index contributed by atoms with van der Waals surface area (Å²) in [4.78, 5) is 19.8. The van der Waals surface area contributed by atoms with Crippen LogP contribution in [-0.4, -0.2) is 73.5 Å². The standard InChI is InChI=1S/C39H37F3N6O4S/c1-24-33-22-31(45-48(33)14-13-47(24)35(50)6-5-12-40)27-9-18-52-34-21-26(41)20-29(42)36(34)37-38(27)44-30(28-11-19-53-39(28)37)8-7-25-23-43-46(2)32(25)10-17-51-16-4-3-15-49/h3-8,10-11,17,19-24,27,49H,9,12-16,18H2,1-2H3/b4-3+,6-5+,8-7+,17-10+. The Bertz CT molecular complexity index is 2270. The number of carbonyl (C=O) groups excluding carboxylic acids is 1. The molecule has 2 aliphatic heterocycles. The van der Waals surface area contributed by atoms with E-state index in [0.717, 1.165) is 33.1 Å². The van der Waals surface area contributed by atoms with Gasteiger partial charge in [0.2, 0.25) is 5.91 Å². The van der Waals surface area contributed by atoms with E-state index in [9.17, 15) is 13.6 Å². The molecule has 1 amide bonds. The Kier molecular flexibility index (Phi) is 10.6. The number of amides is 1. The van der Waals surface area contributed by atoms with Crippen LogP contribution in [0.2, 0.25) is 0 Å². The maximum absolute atomic E-state index is 16.0. The van der Waals surface area contributed by atoms with Crippen molar-refractivity contribution >= 4 is 45.6 Å². The first-order valence-corrected chi connectivity index (χ1v) is 18.0. The highest BCUT2D eigenvalue weighted by Crippen LogP contribution is 2.48. The van der Waals surface area contributed by atoms with Gasteiger partial charge in [-0.15, -0.1) is 11.3 Å². The van der Waals surface area contributed by atoms with Gasteiger partial charge < -0.3 is 19.5 Å². The number of alkyl halides is 1. The second kappa shape index (κ2) is 15.6. The summed E-state index contributed by atoms with van der Waals surface area (Å²) >= 11 is 1.43. The Balaban J connectivity index is 1.33. The molecule has 7 rings (SSSR count). The summed E-state index contributed by atoms with van der Waals surface area (Å²) in [7, 11) is 1.83. The Morgan fingerprint density at radius 1 is 1.13 bits per heavy atom. The molecule has 0 aliphatic carbocycles. The van der Waals surface area contributed by atoms with Gasteiger partial charge in [-0.1, -0.05) is 6.08 Å². The van der Waals surface area contributed by atoms with Crippen molar-refractivity contribution in [3.05, 3.63) is 112 Å². The topological polar surface area (TPSA) is 108 Å². The number of fused-ring (bicyclic) bond motifs is 6. The average Bonchev–Trinajstić information content (AvgIpc) is 3.88. The molecule has 5 aromatic rings. The van der Waals surface area contributed by atoms with Crippen molar-refractivity contribution < 1.29 is 32.5 Å². The van der Waals surface area contributed by atoms with E-state index >= 15 is 4.39 Å². The summed E-state index contributed by atoms with van der Waals surface area (Å²) in [5, 5.41) is 21.0. The molecule has 2 aliphatic rings. The normalized spacial score (nSPS) is 17.4. The van der Waals surface area contributed by atoms with Crippen LogP contribution in [0, 0.1) is 11.6 Å². The molecule has 274 valence electrons.